The van der Waals surface area contributed by atoms with E-state index in [0.717, 1.165) is 0 Å². The number of alkyl halides is 2. The average Bonchev–Trinajstić information content (AvgIpc) is 2.37. The first-order valence-electron chi connectivity index (χ1n) is 5.65. The van der Waals surface area contributed by atoms with Crippen molar-refractivity contribution in [2.24, 2.45) is 0 Å². The standard InChI is InChI=1S/C13H15F2NO3/c1-3-16-12(17)7-5-9-4-6-10(19-13(14)15)11(8-9)18-2/h4-8,13H,3H2,1-2H3,(H,16,17). The SMILES string of the molecule is CCNC(=O)C=Cc1ccc(OC(F)F)c(OC)c1. The molecule has 0 fully saturated rings. The van der Waals surface area contributed by atoms with E-state index in [2.05, 4.69) is 10.1 Å². The van der Waals surface area contributed by atoms with E-state index in [1.165, 1.54) is 25.3 Å². The highest BCUT2D eigenvalue weighted by Crippen LogP contribution is 2.29. The Morgan fingerprint density at radius 3 is 2.74 bits per heavy atom. The molecule has 6 heteroatoms. The summed E-state index contributed by atoms with van der Waals surface area (Å²) in [7, 11) is 1.35. The minimum Gasteiger partial charge on any atom is -0.493 e. The van der Waals surface area contributed by atoms with Crippen LogP contribution in [0, 0.1) is 0 Å². The Hall–Kier alpha value is -2.11. The third kappa shape index (κ3) is 4.95. The van der Waals surface area contributed by atoms with Gasteiger partial charge in [0.15, 0.2) is 11.5 Å². The van der Waals surface area contributed by atoms with E-state index in [0.29, 0.717) is 12.1 Å². The molecular weight excluding hydrogens is 256 g/mol. The van der Waals surface area contributed by atoms with E-state index in [4.69, 9.17) is 4.74 Å². The van der Waals surface area contributed by atoms with Gasteiger partial charge in [-0.15, -0.1) is 0 Å². The molecule has 104 valence electrons. The Bertz CT molecular complexity index is 461. The predicted molar refractivity (Wildman–Crippen MR) is 67.3 cm³/mol. The van der Waals surface area contributed by atoms with Crippen LogP contribution >= 0.6 is 0 Å². The fourth-order valence-electron chi connectivity index (χ4n) is 1.39. The number of hydrogen-bond donors (Lipinski definition) is 1. The van der Waals surface area contributed by atoms with Gasteiger partial charge in [-0.3, -0.25) is 4.79 Å². The zero-order valence-electron chi connectivity index (χ0n) is 10.7. The molecule has 1 aromatic carbocycles. The van der Waals surface area contributed by atoms with Crippen LogP contribution in [0.4, 0.5) is 8.78 Å². The number of amides is 1. The molecule has 0 radical (unpaired) electrons. The third-order valence-corrected chi connectivity index (χ3v) is 2.18. The smallest absolute Gasteiger partial charge is 0.387 e. The zero-order valence-corrected chi connectivity index (χ0v) is 10.7. The van der Waals surface area contributed by atoms with Crippen LogP contribution in [-0.2, 0) is 4.79 Å². The molecule has 0 heterocycles. The third-order valence-electron chi connectivity index (χ3n) is 2.18. The molecule has 0 unspecified atom stereocenters. The lowest BCUT2D eigenvalue weighted by atomic mass is 10.2. The maximum atomic E-state index is 12.1. The van der Waals surface area contributed by atoms with Gasteiger partial charge in [0, 0.05) is 12.6 Å². The lowest BCUT2D eigenvalue weighted by Crippen LogP contribution is -2.19. The van der Waals surface area contributed by atoms with Crippen molar-refractivity contribution < 1.29 is 23.0 Å². The molecule has 0 saturated heterocycles. The number of methoxy groups -OCH3 is 1. The summed E-state index contributed by atoms with van der Waals surface area (Å²) in [5, 5.41) is 2.60. The van der Waals surface area contributed by atoms with Crippen LogP contribution in [0.15, 0.2) is 24.3 Å². The summed E-state index contributed by atoms with van der Waals surface area (Å²) in [6, 6.07) is 4.42. The summed E-state index contributed by atoms with van der Waals surface area (Å²) in [6.45, 7) is -0.565. The first-order valence-corrected chi connectivity index (χ1v) is 5.65. The van der Waals surface area contributed by atoms with Crippen molar-refractivity contribution in [2.75, 3.05) is 13.7 Å². The summed E-state index contributed by atoms with van der Waals surface area (Å²) in [4.78, 5) is 11.2. The van der Waals surface area contributed by atoms with E-state index in [1.807, 2.05) is 6.92 Å². The fraction of sp³-hybridized carbons (Fsp3) is 0.308. The molecule has 1 N–H and O–H groups in total. The fourth-order valence-corrected chi connectivity index (χ4v) is 1.39. The molecule has 19 heavy (non-hydrogen) atoms. The van der Waals surface area contributed by atoms with Crippen molar-refractivity contribution in [3.05, 3.63) is 29.8 Å². The van der Waals surface area contributed by atoms with Crippen LogP contribution < -0.4 is 14.8 Å². The summed E-state index contributed by atoms with van der Waals surface area (Å²) >= 11 is 0. The van der Waals surface area contributed by atoms with E-state index in [-0.39, 0.29) is 17.4 Å². The molecule has 0 spiro atoms. The molecule has 0 atom stereocenters. The first-order chi connectivity index (χ1) is 9.06. The molecule has 0 aromatic heterocycles. The van der Waals surface area contributed by atoms with Crippen molar-refractivity contribution in [1.29, 1.82) is 0 Å². The number of rotatable bonds is 6. The first kappa shape index (κ1) is 14.9. The predicted octanol–water partition coefficient (Wildman–Crippen LogP) is 2.45. The lowest BCUT2D eigenvalue weighted by Gasteiger charge is -2.10. The van der Waals surface area contributed by atoms with Crippen molar-refractivity contribution >= 4 is 12.0 Å². The van der Waals surface area contributed by atoms with Gasteiger partial charge in [-0.2, -0.15) is 8.78 Å². The topological polar surface area (TPSA) is 47.6 Å². The van der Waals surface area contributed by atoms with Gasteiger partial charge in [0.25, 0.3) is 0 Å². The Morgan fingerprint density at radius 1 is 1.42 bits per heavy atom. The van der Waals surface area contributed by atoms with Crippen LogP contribution in [0.25, 0.3) is 6.08 Å². The molecule has 0 bridgehead atoms. The van der Waals surface area contributed by atoms with E-state index < -0.39 is 6.61 Å². The summed E-state index contributed by atoms with van der Waals surface area (Å²) < 4.78 is 33.5. The summed E-state index contributed by atoms with van der Waals surface area (Å²) in [5.74, 6) is -0.0969. The Balaban J connectivity index is 2.84. The molecule has 4 nitrogen and oxygen atoms in total. The van der Waals surface area contributed by atoms with E-state index >= 15 is 0 Å². The second-order valence-electron chi connectivity index (χ2n) is 3.52. The molecule has 0 aliphatic carbocycles. The number of carbonyl (C=O) groups excluding carboxylic acids is 1. The van der Waals surface area contributed by atoms with Gasteiger partial charge in [-0.25, -0.2) is 0 Å². The van der Waals surface area contributed by atoms with Crippen molar-refractivity contribution in [3.63, 3.8) is 0 Å². The highest BCUT2D eigenvalue weighted by molar-refractivity contribution is 5.91. The Labute approximate surface area is 110 Å². The summed E-state index contributed by atoms with van der Waals surface area (Å²) in [5.41, 5.74) is 0.643. The molecule has 1 amide bonds. The van der Waals surface area contributed by atoms with Gasteiger partial charge in [-0.05, 0) is 30.7 Å². The van der Waals surface area contributed by atoms with Crippen LogP contribution in [0.3, 0.4) is 0 Å². The van der Waals surface area contributed by atoms with Gasteiger partial charge in [0.05, 0.1) is 7.11 Å². The molecule has 1 rings (SSSR count). The minimum absolute atomic E-state index is 0.0485. The lowest BCUT2D eigenvalue weighted by molar-refractivity contribution is -0.116. The van der Waals surface area contributed by atoms with Crippen LogP contribution in [-0.4, -0.2) is 26.2 Å². The number of nitrogens with one attached hydrogen (secondary N) is 1. The van der Waals surface area contributed by atoms with Crippen LogP contribution in [0.2, 0.25) is 0 Å². The molecule has 0 saturated carbocycles. The number of ether oxygens (including phenoxy) is 2. The second kappa shape index (κ2) is 7.35. The van der Waals surface area contributed by atoms with Gasteiger partial charge in [0.1, 0.15) is 0 Å². The minimum atomic E-state index is -2.91. The number of halogens is 2. The normalized spacial score (nSPS) is 10.8. The molecule has 0 aliphatic rings. The van der Waals surface area contributed by atoms with E-state index in [1.54, 1.807) is 12.1 Å². The maximum Gasteiger partial charge on any atom is 0.387 e. The van der Waals surface area contributed by atoms with Crippen LogP contribution in [0.1, 0.15) is 12.5 Å². The zero-order chi connectivity index (χ0) is 14.3. The average molecular weight is 271 g/mol. The highest BCUT2D eigenvalue weighted by Gasteiger charge is 2.10. The quantitative estimate of drug-likeness (QED) is 0.808. The number of carbonyl (C=O) groups is 1. The van der Waals surface area contributed by atoms with Gasteiger partial charge in [-0.1, -0.05) is 6.07 Å². The Kier molecular flexibility index (Phi) is 5.78. The van der Waals surface area contributed by atoms with Crippen molar-refractivity contribution in [2.45, 2.75) is 13.5 Å². The molecule has 1 aromatic rings. The number of benzene rings is 1. The molecular formula is C13H15F2NO3. The maximum absolute atomic E-state index is 12.1. The second-order valence-corrected chi connectivity index (χ2v) is 3.52. The van der Waals surface area contributed by atoms with Gasteiger partial charge < -0.3 is 14.8 Å². The largest absolute Gasteiger partial charge is 0.493 e. The van der Waals surface area contributed by atoms with Crippen LogP contribution in [0.5, 0.6) is 11.5 Å². The van der Waals surface area contributed by atoms with E-state index in [9.17, 15) is 13.6 Å². The highest BCUT2D eigenvalue weighted by atomic mass is 19.3. The Morgan fingerprint density at radius 2 is 2.16 bits per heavy atom. The van der Waals surface area contributed by atoms with Gasteiger partial charge >= 0.3 is 6.61 Å². The number of hydrogen-bond acceptors (Lipinski definition) is 3. The van der Waals surface area contributed by atoms with Crippen molar-refractivity contribution in [1.82, 2.24) is 5.32 Å². The molecule has 0 aliphatic heterocycles. The number of likely N-dealkylation sites (N-methyl/N-ethyl adjacent to an activating group) is 1. The monoisotopic (exact) mass is 271 g/mol. The van der Waals surface area contributed by atoms with Gasteiger partial charge in [0.2, 0.25) is 5.91 Å². The van der Waals surface area contributed by atoms with Crippen molar-refractivity contribution in [3.8, 4) is 11.5 Å². The summed E-state index contributed by atoms with van der Waals surface area (Å²) in [6.07, 6.45) is 2.91.